The lowest BCUT2D eigenvalue weighted by Crippen LogP contribution is -2.07. The van der Waals surface area contributed by atoms with Crippen molar-refractivity contribution in [1.29, 1.82) is 0 Å². The molecule has 1 aromatic heterocycles. The average molecular weight is 239 g/mol. The molecule has 3 heteroatoms. The molecule has 0 radical (unpaired) electrons. The van der Waals surface area contributed by atoms with E-state index in [-0.39, 0.29) is 11.2 Å². The van der Waals surface area contributed by atoms with Gasteiger partial charge in [-0.15, -0.1) is 0 Å². The molecule has 0 atom stereocenters. The van der Waals surface area contributed by atoms with Crippen molar-refractivity contribution in [2.75, 3.05) is 0 Å². The largest absolute Gasteiger partial charge is 0.314 e. The van der Waals surface area contributed by atoms with Crippen molar-refractivity contribution < 1.29 is 4.39 Å². The average Bonchev–Trinajstić information content (AvgIpc) is 2.41. The van der Waals surface area contributed by atoms with E-state index >= 15 is 0 Å². The summed E-state index contributed by atoms with van der Waals surface area (Å²) in [7, 11) is 0. The summed E-state index contributed by atoms with van der Waals surface area (Å²) in [6, 6.07) is 15.1. The number of hydrogen-bond donors (Lipinski definition) is 0. The maximum Gasteiger partial charge on any atom is 0.189 e. The van der Waals surface area contributed by atoms with E-state index < -0.39 is 0 Å². The summed E-state index contributed by atoms with van der Waals surface area (Å²) >= 11 is 0. The Kier molecular flexibility index (Phi) is 2.45. The summed E-state index contributed by atoms with van der Waals surface area (Å²) in [4.78, 5) is 11.7. The molecule has 1 heterocycles. The summed E-state index contributed by atoms with van der Waals surface area (Å²) in [6.07, 6.45) is 1.60. The van der Waals surface area contributed by atoms with Gasteiger partial charge in [0.2, 0.25) is 0 Å². The van der Waals surface area contributed by atoms with Crippen LogP contribution >= 0.6 is 0 Å². The molecule has 0 aliphatic carbocycles. The van der Waals surface area contributed by atoms with Gasteiger partial charge in [0.05, 0.1) is 11.2 Å². The van der Waals surface area contributed by atoms with Crippen molar-refractivity contribution in [3.05, 3.63) is 76.8 Å². The van der Waals surface area contributed by atoms with Gasteiger partial charge in [-0.25, -0.2) is 4.39 Å². The Bertz CT molecular complexity index is 777. The van der Waals surface area contributed by atoms with E-state index in [9.17, 15) is 9.18 Å². The van der Waals surface area contributed by atoms with Crippen LogP contribution in [0.5, 0.6) is 0 Å². The second-order valence-electron chi connectivity index (χ2n) is 4.02. The van der Waals surface area contributed by atoms with Crippen LogP contribution in [0.25, 0.3) is 16.6 Å². The van der Waals surface area contributed by atoms with Gasteiger partial charge in [0, 0.05) is 17.6 Å². The van der Waals surface area contributed by atoms with Crippen molar-refractivity contribution >= 4 is 10.9 Å². The van der Waals surface area contributed by atoms with Gasteiger partial charge in [-0.1, -0.05) is 24.3 Å². The first kappa shape index (κ1) is 10.7. The van der Waals surface area contributed by atoms with Crippen LogP contribution in [0.4, 0.5) is 4.39 Å². The fourth-order valence-corrected chi connectivity index (χ4v) is 2.06. The standard InChI is InChI=1S/C15H10FNO/c16-12-6-2-4-8-14(12)17-10-9-15(18)11-5-1-3-7-13(11)17/h1-10H. The highest BCUT2D eigenvalue weighted by molar-refractivity contribution is 5.80. The Morgan fingerprint density at radius 3 is 2.44 bits per heavy atom. The number of halogens is 1. The number of fused-ring (bicyclic) bond motifs is 1. The molecule has 88 valence electrons. The van der Waals surface area contributed by atoms with E-state index in [1.54, 1.807) is 41.1 Å². The molecule has 0 unspecified atom stereocenters. The fraction of sp³-hybridized carbons (Fsp3) is 0. The van der Waals surface area contributed by atoms with Crippen LogP contribution in [0.1, 0.15) is 0 Å². The van der Waals surface area contributed by atoms with Crippen LogP contribution in [0.3, 0.4) is 0 Å². The minimum Gasteiger partial charge on any atom is -0.314 e. The molecule has 0 aliphatic rings. The molecule has 0 N–H and O–H groups in total. The van der Waals surface area contributed by atoms with Gasteiger partial charge in [-0.3, -0.25) is 4.79 Å². The van der Waals surface area contributed by atoms with E-state index in [2.05, 4.69) is 0 Å². The van der Waals surface area contributed by atoms with Gasteiger partial charge in [-0.2, -0.15) is 0 Å². The zero-order chi connectivity index (χ0) is 12.5. The number of nitrogens with zero attached hydrogens (tertiary/aromatic N) is 1. The SMILES string of the molecule is O=c1ccn(-c2ccccc2F)c2ccccc12. The van der Waals surface area contributed by atoms with Crippen LogP contribution in [0.2, 0.25) is 0 Å². The molecule has 0 saturated heterocycles. The molecule has 0 fully saturated rings. The third kappa shape index (κ3) is 1.61. The highest BCUT2D eigenvalue weighted by atomic mass is 19.1. The highest BCUT2D eigenvalue weighted by Gasteiger charge is 2.06. The molecule has 3 aromatic rings. The van der Waals surface area contributed by atoms with Crippen molar-refractivity contribution in [1.82, 2.24) is 4.57 Å². The minimum atomic E-state index is -0.314. The summed E-state index contributed by atoms with van der Waals surface area (Å²) in [5.74, 6) is -0.314. The third-order valence-electron chi connectivity index (χ3n) is 2.92. The molecule has 0 bridgehead atoms. The zero-order valence-electron chi connectivity index (χ0n) is 9.51. The number of aromatic nitrogens is 1. The maximum atomic E-state index is 13.8. The topological polar surface area (TPSA) is 22.0 Å². The number of hydrogen-bond acceptors (Lipinski definition) is 1. The van der Waals surface area contributed by atoms with Gasteiger partial charge >= 0.3 is 0 Å². The molecular weight excluding hydrogens is 229 g/mol. The van der Waals surface area contributed by atoms with Gasteiger partial charge in [0.15, 0.2) is 5.43 Å². The Labute approximate surface area is 103 Å². The monoisotopic (exact) mass is 239 g/mol. The second kappa shape index (κ2) is 4.11. The number of para-hydroxylation sites is 2. The first-order chi connectivity index (χ1) is 8.77. The van der Waals surface area contributed by atoms with Crippen LogP contribution in [0, 0.1) is 5.82 Å². The lowest BCUT2D eigenvalue weighted by molar-refractivity contribution is 0.619. The Morgan fingerprint density at radius 1 is 0.889 bits per heavy atom. The van der Waals surface area contributed by atoms with Gasteiger partial charge in [0.1, 0.15) is 5.82 Å². The van der Waals surface area contributed by atoms with Crippen LogP contribution in [-0.4, -0.2) is 4.57 Å². The minimum absolute atomic E-state index is 0.0572. The van der Waals surface area contributed by atoms with E-state index in [0.717, 1.165) is 0 Å². The fourth-order valence-electron chi connectivity index (χ4n) is 2.06. The smallest absolute Gasteiger partial charge is 0.189 e. The summed E-state index contributed by atoms with van der Waals surface area (Å²) in [5, 5.41) is 0.586. The van der Waals surface area contributed by atoms with Gasteiger partial charge in [-0.05, 0) is 24.3 Å². The van der Waals surface area contributed by atoms with Crippen LogP contribution in [0.15, 0.2) is 65.6 Å². The van der Waals surface area contributed by atoms with E-state index in [1.807, 2.05) is 12.1 Å². The van der Waals surface area contributed by atoms with E-state index in [0.29, 0.717) is 16.6 Å². The molecule has 2 aromatic carbocycles. The molecule has 0 aliphatic heterocycles. The zero-order valence-corrected chi connectivity index (χ0v) is 9.51. The Hall–Kier alpha value is -2.42. The van der Waals surface area contributed by atoms with Crippen molar-refractivity contribution in [2.45, 2.75) is 0 Å². The molecule has 18 heavy (non-hydrogen) atoms. The first-order valence-corrected chi connectivity index (χ1v) is 5.63. The van der Waals surface area contributed by atoms with Crippen molar-refractivity contribution in [3.8, 4) is 5.69 Å². The summed E-state index contributed by atoms with van der Waals surface area (Å²) < 4.78 is 15.5. The van der Waals surface area contributed by atoms with Crippen molar-refractivity contribution in [2.24, 2.45) is 0 Å². The van der Waals surface area contributed by atoms with Crippen molar-refractivity contribution in [3.63, 3.8) is 0 Å². The van der Waals surface area contributed by atoms with E-state index in [4.69, 9.17) is 0 Å². The van der Waals surface area contributed by atoms with E-state index in [1.165, 1.54) is 12.1 Å². The van der Waals surface area contributed by atoms with Crippen LogP contribution in [-0.2, 0) is 0 Å². The second-order valence-corrected chi connectivity index (χ2v) is 4.02. The quantitative estimate of drug-likeness (QED) is 0.639. The number of rotatable bonds is 1. The predicted octanol–water partition coefficient (Wildman–Crippen LogP) is 3.13. The Morgan fingerprint density at radius 2 is 1.61 bits per heavy atom. The molecule has 0 saturated carbocycles. The predicted molar refractivity (Wildman–Crippen MR) is 69.5 cm³/mol. The lowest BCUT2D eigenvalue weighted by Gasteiger charge is -2.11. The summed E-state index contributed by atoms with van der Waals surface area (Å²) in [6.45, 7) is 0. The lowest BCUT2D eigenvalue weighted by atomic mass is 10.2. The van der Waals surface area contributed by atoms with Crippen LogP contribution < -0.4 is 5.43 Å². The Balaban J connectivity index is 2.41. The number of pyridine rings is 1. The molecule has 0 spiro atoms. The maximum absolute atomic E-state index is 13.8. The first-order valence-electron chi connectivity index (χ1n) is 5.63. The molecule has 3 rings (SSSR count). The molecule has 0 amide bonds. The van der Waals surface area contributed by atoms with Gasteiger partial charge in [0.25, 0.3) is 0 Å². The highest BCUT2D eigenvalue weighted by Crippen LogP contribution is 2.18. The molecular formula is C15H10FNO. The number of benzene rings is 2. The van der Waals surface area contributed by atoms with Gasteiger partial charge < -0.3 is 4.57 Å². The normalized spacial score (nSPS) is 10.7. The third-order valence-corrected chi connectivity index (χ3v) is 2.92. The summed E-state index contributed by atoms with van der Waals surface area (Å²) in [5.41, 5.74) is 1.09. The molecule has 2 nitrogen and oxygen atoms in total.